The van der Waals surface area contributed by atoms with Gasteiger partial charge in [0.15, 0.2) is 0 Å². The standard InChI is InChI=1S/C17H22N6O4/c1-11(2)14-16(23(25)26)15(21-20-14)17(24)19-10-12-3-4-18-13(9-12)22-5-7-27-8-6-22/h3-4,9,11H,5-8,10H2,1-2H3,(H,19,24)(H,20,21). The SMILES string of the molecule is CC(C)c1[nH]nc(C(=O)NCc2ccnc(N3CCOCC3)c2)c1[N+](=O)[O-]. The molecule has 0 aliphatic carbocycles. The van der Waals surface area contributed by atoms with Gasteiger partial charge in [0.05, 0.1) is 18.1 Å². The first-order valence-corrected chi connectivity index (χ1v) is 8.76. The van der Waals surface area contributed by atoms with Crippen LogP contribution in [0.25, 0.3) is 0 Å². The Morgan fingerprint density at radius 3 is 2.85 bits per heavy atom. The molecular weight excluding hydrogens is 352 g/mol. The number of hydrogen-bond acceptors (Lipinski definition) is 7. The molecule has 1 fully saturated rings. The minimum atomic E-state index is -0.588. The first-order valence-electron chi connectivity index (χ1n) is 8.76. The summed E-state index contributed by atoms with van der Waals surface area (Å²) in [5, 5.41) is 20.5. The number of pyridine rings is 1. The van der Waals surface area contributed by atoms with Crippen LogP contribution in [0.3, 0.4) is 0 Å². The van der Waals surface area contributed by atoms with Crippen LogP contribution in [-0.4, -0.2) is 52.3 Å². The summed E-state index contributed by atoms with van der Waals surface area (Å²) in [7, 11) is 0. The number of carbonyl (C=O) groups is 1. The predicted octanol–water partition coefficient (Wildman–Crippen LogP) is 1.60. The Labute approximate surface area is 156 Å². The van der Waals surface area contributed by atoms with Crippen molar-refractivity contribution in [2.45, 2.75) is 26.3 Å². The number of nitrogens with one attached hydrogen (secondary N) is 2. The lowest BCUT2D eigenvalue weighted by atomic mass is 10.1. The Morgan fingerprint density at radius 1 is 1.44 bits per heavy atom. The van der Waals surface area contributed by atoms with Crippen LogP contribution in [0, 0.1) is 10.1 Å². The van der Waals surface area contributed by atoms with Crippen molar-refractivity contribution in [2.24, 2.45) is 0 Å². The van der Waals surface area contributed by atoms with Crippen molar-refractivity contribution < 1.29 is 14.5 Å². The largest absolute Gasteiger partial charge is 0.378 e. The molecule has 2 aromatic heterocycles. The minimum Gasteiger partial charge on any atom is -0.378 e. The minimum absolute atomic E-state index is 0.143. The van der Waals surface area contributed by atoms with Gasteiger partial charge in [0.25, 0.3) is 5.91 Å². The molecule has 2 aromatic rings. The van der Waals surface area contributed by atoms with Gasteiger partial charge in [0.2, 0.25) is 5.69 Å². The Balaban J connectivity index is 1.70. The molecule has 10 nitrogen and oxygen atoms in total. The highest BCUT2D eigenvalue weighted by Gasteiger charge is 2.30. The summed E-state index contributed by atoms with van der Waals surface area (Å²) >= 11 is 0. The van der Waals surface area contributed by atoms with Gasteiger partial charge in [-0.25, -0.2) is 4.98 Å². The summed E-state index contributed by atoms with van der Waals surface area (Å²) in [6, 6.07) is 3.69. The van der Waals surface area contributed by atoms with E-state index in [1.807, 2.05) is 6.07 Å². The molecule has 0 spiro atoms. The number of amides is 1. The molecule has 1 aliphatic heterocycles. The van der Waals surface area contributed by atoms with Crippen LogP contribution in [0.1, 0.15) is 41.5 Å². The van der Waals surface area contributed by atoms with Crippen molar-refractivity contribution in [3.8, 4) is 0 Å². The monoisotopic (exact) mass is 374 g/mol. The summed E-state index contributed by atoms with van der Waals surface area (Å²) in [6.45, 7) is 6.66. The van der Waals surface area contributed by atoms with E-state index in [4.69, 9.17) is 4.74 Å². The molecule has 2 N–H and O–H groups in total. The Hall–Kier alpha value is -3.01. The van der Waals surface area contributed by atoms with Crippen molar-refractivity contribution >= 4 is 17.4 Å². The van der Waals surface area contributed by atoms with E-state index < -0.39 is 10.8 Å². The first kappa shape index (κ1) is 18.8. The lowest BCUT2D eigenvalue weighted by Gasteiger charge is -2.28. The van der Waals surface area contributed by atoms with Gasteiger partial charge in [-0.1, -0.05) is 13.8 Å². The van der Waals surface area contributed by atoms with Gasteiger partial charge in [0.1, 0.15) is 11.5 Å². The highest BCUT2D eigenvalue weighted by atomic mass is 16.6. The first-order chi connectivity index (χ1) is 13.0. The number of morpholine rings is 1. The fourth-order valence-electron chi connectivity index (χ4n) is 2.90. The third kappa shape index (κ3) is 4.22. The quantitative estimate of drug-likeness (QED) is 0.581. The second-order valence-corrected chi connectivity index (χ2v) is 6.55. The van der Waals surface area contributed by atoms with Gasteiger partial charge >= 0.3 is 5.69 Å². The second kappa shape index (κ2) is 8.12. The number of rotatable bonds is 6. The summed E-state index contributed by atoms with van der Waals surface area (Å²) in [5.41, 5.74) is 0.711. The van der Waals surface area contributed by atoms with Gasteiger partial charge < -0.3 is 15.0 Å². The maximum atomic E-state index is 12.4. The molecule has 1 aliphatic rings. The molecule has 0 radical (unpaired) electrons. The lowest BCUT2D eigenvalue weighted by molar-refractivity contribution is -0.385. The van der Waals surface area contributed by atoms with Crippen LogP contribution in [0.5, 0.6) is 0 Å². The normalized spacial score (nSPS) is 14.4. The lowest BCUT2D eigenvalue weighted by Crippen LogP contribution is -2.36. The number of ether oxygens (including phenoxy) is 1. The molecule has 0 bridgehead atoms. The number of hydrogen-bond donors (Lipinski definition) is 2. The van der Waals surface area contributed by atoms with E-state index in [0.29, 0.717) is 18.9 Å². The highest BCUT2D eigenvalue weighted by molar-refractivity contribution is 5.96. The molecule has 144 valence electrons. The van der Waals surface area contributed by atoms with E-state index in [9.17, 15) is 14.9 Å². The van der Waals surface area contributed by atoms with E-state index >= 15 is 0 Å². The number of H-pyrrole nitrogens is 1. The van der Waals surface area contributed by atoms with Crippen molar-refractivity contribution in [1.82, 2.24) is 20.5 Å². The molecule has 27 heavy (non-hydrogen) atoms. The number of aromatic nitrogens is 3. The van der Waals surface area contributed by atoms with Crippen molar-refractivity contribution in [1.29, 1.82) is 0 Å². The van der Waals surface area contributed by atoms with Gasteiger partial charge in [-0.2, -0.15) is 5.10 Å². The third-order valence-electron chi connectivity index (χ3n) is 4.34. The van der Waals surface area contributed by atoms with Crippen LogP contribution in [-0.2, 0) is 11.3 Å². The summed E-state index contributed by atoms with van der Waals surface area (Å²) in [6.07, 6.45) is 1.68. The molecule has 0 aromatic carbocycles. The molecule has 3 rings (SSSR count). The molecule has 0 atom stereocenters. The van der Waals surface area contributed by atoms with Gasteiger partial charge in [0, 0.05) is 31.7 Å². The Morgan fingerprint density at radius 2 is 2.19 bits per heavy atom. The molecule has 1 amide bonds. The number of carbonyl (C=O) groups excluding carboxylic acids is 1. The number of aromatic amines is 1. The zero-order chi connectivity index (χ0) is 19.4. The molecule has 0 saturated carbocycles. The van der Waals surface area contributed by atoms with Crippen LogP contribution in [0.2, 0.25) is 0 Å². The van der Waals surface area contributed by atoms with E-state index in [1.165, 1.54) is 0 Å². The zero-order valence-electron chi connectivity index (χ0n) is 15.3. The smallest absolute Gasteiger partial charge is 0.323 e. The van der Waals surface area contributed by atoms with Gasteiger partial charge in [-0.15, -0.1) is 0 Å². The van der Waals surface area contributed by atoms with E-state index in [1.54, 1.807) is 26.1 Å². The number of anilines is 1. The third-order valence-corrected chi connectivity index (χ3v) is 4.34. The molecular formula is C17H22N6O4. The maximum absolute atomic E-state index is 12.4. The van der Waals surface area contributed by atoms with Crippen molar-refractivity contribution in [2.75, 3.05) is 31.2 Å². The molecule has 0 unspecified atom stereocenters. The average molecular weight is 374 g/mol. The highest BCUT2D eigenvalue weighted by Crippen LogP contribution is 2.27. The zero-order valence-corrected chi connectivity index (χ0v) is 15.3. The fourth-order valence-corrected chi connectivity index (χ4v) is 2.90. The van der Waals surface area contributed by atoms with Crippen LogP contribution in [0.15, 0.2) is 18.3 Å². The molecule has 10 heteroatoms. The van der Waals surface area contributed by atoms with E-state index in [0.717, 1.165) is 24.5 Å². The second-order valence-electron chi connectivity index (χ2n) is 6.55. The Bertz CT molecular complexity index is 829. The van der Waals surface area contributed by atoms with Crippen LogP contribution >= 0.6 is 0 Å². The topological polar surface area (TPSA) is 126 Å². The van der Waals surface area contributed by atoms with Crippen LogP contribution < -0.4 is 10.2 Å². The van der Waals surface area contributed by atoms with E-state index in [2.05, 4.69) is 25.4 Å². The van der Waals surface area contributed by atoms with E-state index in [-0.39, 0.29) is 23.8 Å². The van der Waals surface area contributed by atoms with Gasteiger partial charge in [-0.05, 0) is 17.7 Å². The number of nitrogens with zero attached hydrogens (tertiary/aromatic N) is 4. The Kier molecular flexibility index (Phi) is 5.65. The molecule has 3 heterocycles. The van der Waals surface area contributed by atoms with Gasteiger partial charge in [-0.3, -0.25) is 20.0 Å². The maximum Gasteiger partial charge on any atom is 0.323 e. The summed E-state index contributed by atoms with van der Waals surface area (Å²) in [4.78, 5) is 29.7. The number of nitro groups is 1. The average Bonchev–Trinajstić information content (AvgIpc) is 3.13. The summed E-state index contributed by atoms with van der Waals surface area (Å²) < 4.78 is 5.34. The van der Waals surface area contributed by atoms with Crippen molar-refractivity contribution in [3.05, 3.63) is 45.4 Å². The predicted molar refractivity (Wildman–Crippen MR) is 97.8 cm³/mol. The summed E-state index contributed by atoms with van der Waals surface area (Å²) in [5.74, 6) is 0.0863. The van der Waals surface area contributed by atoms with Crippen molar-refractivity contribution in [3.63, 3.8) is 0 Å². The molecule has 1 saturated heterocycles. The fraction of sp³-hybridized carbons (Fsp3) is 0.471. The van der Waals surface area contributed by atoms with Crippen LogP contribution in [0.4, 0.5) is 11.5 Å².